The number of anilines is 1. The molecule has 2 fully saturated rings. The molecule has 2 heterocycles. The molecule has 164 valence electrons. The molecule has 0 bridgehead atoms. The van der Waals surface area contributed by atoms with Crippen LogP contribution in [0, 0.1) is 10.1 Å². The van der Waals surface area contributed by atoms with Crippen molar-refractivity contribution < 1.29 is 9.72 Å². The molecule has 8 heteroatoms. The smallest absolute Gasteiger partial charge is 0.293 e. The van der Waals surface area contributed by atoms with E-state index in [0.717, 1.165) is 18.8 Å². The number of rotatable bonds is 6. The van der Waals surface area contributed by atoms with E-state index in [0.29, 0.717) is 30.4 Å². The number of aromatic nitrogens is 1. The number of hydrogen-bond acceptors (Lipinski definition) is 6. The van der Waals surface area contributed by atoms with Crippen LogP contribution in [0.5, 0.6) is 0 Å². The fourth-order valence-corrected chi connectivity index (χ4v) is 4.62. The van der Waals surface area contributed by atoms with Gasteiger partial charge in [-0.25, -0.2) is 0 Å². The second kappa shape index (κ2) is 9.43. The van der Waals surface area contributed by atoms with Crippen LogP contribution in [-0.4, -0.2) is 57.8 Å². The fourth-order valence-electron chi connectivity index (χ4n) is 4.62. The van der Waals surface area contributed by atoms with Crippen molar-refractivity contribution in [1.29, 1.82) is 0 Å². The first-order valence-electron chi connectivity index (χ1n) is 11.0. The van der Waals surface area contributed by atoms with Gasteiger partial charge in [-0.05, 0) is 44.0 Å². The standard InChI is InChI=1S/C23H29N5O3/c1-17(20-8-4-5-11-24-20)25-21-10-9-18(16-22(21)28(30)31)23(29)27-14-12-26(13-15-27)19-6-2-3-7-19/h4-5,8-11,16-17,19,25H,2-3,6-7,12-15H2,1H3. The first-order chi connectivity index (χ1) is 15.0. The van der Waals surface area contributed by atoms with E-state index in [1.807, 2.05) is 30.0 Å². The highest BCUT2D eigenvalue weighted by atomic mass is 16.6. The molecule has 1 saturated heterocycles. The molecular weight excluding hydrogens is 394 g/mol. The van der Waals surface area contributed by atoms with Gasteiger partial charge in [0.05, 0.1) is 16.7 Å². The quantitative estimate of drug-likeness (QED) is 0.560. The monoisotopic (exact) mass is 423 g/mol. The van der Waals surface area contributed by atoms with Gasteiger partial charge >= 0.3 is 0 Å². The highest BCUT2D eigenvalue weighted by Gasteiger charge is 2.29. The minimum Gasteiger partial charge on any atom is -0.371 e. The number of carbonyl (C=O) groups is 1. The van der Waals surface area contributed by atoms with Crippen molar-refractivity contribution in [1.82, 2.24) is 14.8 Å². The normalized spacial score (nSPS) is 18.7. The number of piperazine rings is 1. The summed E-state index contributed by atoms with van der Waals surface area (Å²) >= 11 is 0. The molecule has 2 aromatic rings. The number of nitro benzene ring substituents is 1. The van der Waals surface area contributed by atoms with Crippen LogP contribution in [0.3, 0.4) is 0 Å². The Balaban J connectivity index is 1.44. The van der Waals surface area contributed by atoms with Gasteiger partial charge in [-0.3, -0.25) is 24.8 Å². The van der Waals surface area contributed by atoms with Crippen LogP contribution in [0.2, 0.25) is 0 Å². The average Bonchev–Trinajstić information content (AvgIpc) is 3.34. The second-order valence-corrected chi connectivity index (χ2v) is 8.38. The maximum absolute atomic E-state index is 13.0. The molecule has 2 aliphatic rings. The van der Waals surface area contributed by atoms with Gasteiger partial charge in [-0.15, -0.1) is 0 Å². The van der Waals surface area contributed by atoms with Gasteiger partial charge in [0.25, 0.3) is 11.6 Å². The number of carbonyl (C=O) groups excluding carboxylic acids is 1. The largest absolute Gasteiger partial charge is 0.371 e. The van der Waals surface area contributed by atoms with Gasteiger partial charge < -0.3 is 10.2 Å². The van der Waals surface area contributed by atoms with E-state index in [4.69, 9.17) is 0 Å². The zero-order valence-electron chi connectivity index (χ0n) is 17.9. The molecule has 1 aromatic carbocycles. The summed E-state index contributed by atoms with van der Waals surface area (Å²) in [5.41, 5.74) is 1.43. The predicted octanol–water partition coefficient (Wildman–Crippen LogP) is 3.86. The molecule has 1 aliphatic heterocycles. The zero-order chi connectivity index (χ0) is 21.8. The summed E-state index contributed by atoms with van der Waals surface area (Å²) in [5.74, 6) is -0.140. The molecule has 8 nitrogen and oxygen atoms in total. The van der Waals surface area contributed by atoms with Crippen molar-refractivity contribution in [2.45, 2.75) is 44.7 Å². The Morgan fingerprint density at radius 3 is 2.55 bits per heavy atom. The number of pyridine rings is 1. The minimum atomic E-state index is -0.442. The van der Waals surface area contributed by atoms with E-state index in [2.05, 4.69) is 15.2 Å². The number of nitrogens with one attached hydrogen (secondary N) is 1. The van der Waals surface area contributed by atoms with Crippen LogP contribution in [0.1, 0.15) is 54.7 Å². The molecule has 0 radical (unpaired) electrons. The SMILES string of the molecule is CC(Nc1ccc(C(=O)N2CCN(C3CCCC3)CC2)cc1[N+](=O)[O-])c1ccccn1. The van der Waals surface area contributed by atoms with E-state index in [-0.39, 0.29) is 17.6 Å². The predicted molar refractivity (Wildman–Crippen MR) is 119 cm³/mol. The Morgan fingerprint density at radius 1 is 1.16 bits per heavy atom. The molecule has 4 rings (SSSR count). The third kappa shape index (κ3) is 4.85. The number of nitrogens with zero attached hydrogens (tertiary/aromatic N) is 4. The van der Waals surface area contributed by atoms with Crippen molar-refractivity contribution in [3.63, 3.8) is 0 Å². The summed E-state index contributed by atoms with van der Waals surface area (Å²) < 4.78 is 0. The van der Waals surface area contributed by atoms with Crippen LogP contribution in [0.15, 0.2) is 42.6 Å². The van der Waals surface area contributed by atoms with Gasteiger partial charge in [-0.2, -0.15) is 0 Å². The maximum Gasteiger partial charge on any atom is 0.293 e. The van der Waals surface area contributed by atoms with E-state index < -0.39 is 4.92 Å². The van der Waals surface area contributed by atoms with Crippen molar-refractivity contribution in [2.75, 3.05) is 31.5 Å². The van der Waals surface area contributed by atoms with Gasteiger partial charge in [0.15, 0.2) is 0 Å². The molecular formula is C23H29N5O3. The minimum absolute atomic E-state index is 0.0989. The van der Waals surface area contributed by atoms with Crippen LogP contribution < -0.4 is 5.32 Å². The molecule has 1 saturated carbocycles. The third-order valence-electron chi connectivity index (χ3n) is 6.39. The summed E-state index contributed by atoms with van der Waals surface area (Å²) in [6, 6.07) is 10.7. The van der Waals surface area contributed by atoms with E-state index in [1.54, 1.807) is 18.3 Å². The number of hydrogen-bond donors (Lipinski definition) is 1. The van der Waals surface area contributed by atoms with Gasteiger partial charge in [0.1, 0.15) is 5.69 Å². The first kappa shape index (κ1) is 21.2. The number of nitro groups is 1. The van der Waals surface area contributed by atoms with Crippen LogP contribution >= 0.6 is 0 Å². The zero-order valence-corrected chi connectivity index (χ0v) is 17.9. The van der Waals surface area contributed by atoms with Crippen molar-refractivity contribution in [3.8, 4) is 0 Å². The van der Waals surface area contributed by atoms with Gasteiger partial charge in [0, 0.05) is 50.0 Å². The van der Waals surface area contributed by atoms with Crippen molar-refractivity contribution in [2.24, 2.45) is 0 Å². The summed E-state index contributed by atoms with van der Waals surface area (Å²) in [6.07, 6.45) is 6.80. The fraction of sp³-hybridized carbons (Fsp3) is 0.478. The average molecular weight is 424 g/mol. The topological polar surface area (TPSA) is 91.6 Å². The van der Waals surface area contributed by atoms with Crippen LogP contribution in [-0.2, 0) is 0 Å². The van der Waals surface area contributed by atoms with Crippen LogP contribution in [0.25, 0.3) is 0 Å². The molecule has 1 N–H and O–H groups in total. The van der Waals surface area contributed by atoms with Crippen molar-refractivity contribution >= 4 is 17.3 Å². The summed E-state index contributed by atoms with van der Waals surface area (Å²) in [4.78, 5) is 32.9. The van der Waals surface area contributed by atoms with Gasteiger partial charge in [0.2, 0.25) is 0 Å². The Labute approximate surface area is 182 Å². The summed E-state index contributed by atoms with van der Waals surface area (Å²) in [6.45, 7) is 4.98. The first-order valence-corrected chi connectivity index (χ1v) is 11.0. The number of benzene rings is 1. The van der Waals surface area contributed by atoms with E-state index in [1.165, 1.54) is 31.7 Å². The molecule has 1 aromatic heterocycles. The van der Waals surface area contributed by atoms with E-state index >= 15 is 0 Å². The Morgan fingerprint density at radius 2 is 1.90 bits per heavy atom. The maximum atomic E-state index is 13.0. The lowest BCUT2D eigenvalue weighted by molar-refractivity contribution is -0.384. The molecule has 1 atom stereocenters. The Bertz CT molecular complexity index is 922. The van der Waals surface area contributed by atoms with Gasteiger partial charge in [-0.1, -0.05) is 18.9 Å². The highest BCUT2D eigenvalue weighted by Crippen LogP contribution is 2.30. The van der Waals surface area contributed by atoms with E-state index in [9.17, 15) is 14.9 Å². The van der Waals surface area contributed by atoms with Crippen LogP contribution in [0.4, 0.5) is 11.4 Å². The highest BCUT2D eigenvalue weighted by molar-refractivity contribution is 5.95. The lowest BCUT2D eigenvalue weighted by Gasteiger charge is -2.38. The molecule has 1 amide bonds. The second-order valence-electron chi connectivity index (χ2n) is 8.38. The molecule has 0 spiro atoms. The number of amides is 1. The summed E-state index contributed by atoms with van der Waals surface area (Å²) in [7, 11) is 0. The summed E-state index contributed by atoms with van der Waals surface area (Å²) in [5, 5.41) is 14.9. The Kier molecular flexibility index (Phi) is 6.46. The molecule has 1 unspecified atom stereocenters. The Hall–Kier alpha value is -3.00. The third-order valence-corrected chi connectivity index (χ3v) is 6.39. The lowest BCUT2D eigenvalue weighted by atomic mass is 10.1. The van der Waals surface area contributed by atoms with Crippen molar-refractivity contribution in [3.05, 3.63) is 64.0 Å². The molecule has 31 heavy (non-hydrogen) atoms. The molecule has 1 aliphatic carbocycles. The lowest BCUT2D eigenvalue weighted by Crippen LogP contribution is -2.51.